The van der Waals surface area contributed by atoms with Gasteiger partial charge in [-0.15, -0.1) is 0 Å². The first-order valence-electron chi connectivity index (χ1n) is 45.1. The van der Waals surface area contributed by atoms with Crippen molar-refractivity contribution in [2.24, 2.45) is 0 Å². The van der Waals surface area contributed by atoms with Crippen LogP contribution in [0.2, 0.25) is 0 Å². The van der Waals surface area contributed by atoms with Crippen molar-refractivity contribution in [1.82, 2.24) is 70.8 Å². The van der Waals surface area contributed by atoms with Crippen LogP contribution in [0.3, 0.4) is 0 Å². The van der Waals surface area contributed by atoms with Gasteiger partial charge in [-0.1, -0.05) is 18.1 Å². The number of hydrogen-bond acceptors (Lipinski definition) is 27. The smallest absolute Gasteiger partial charge is 0.296 e. The van der Waals surface area contributed by atoms with Crippen molar-refractivity contribution < 1.29 is 61.1 Å². The summed E-state index contributed by atoms with van der Waals surface area (Å²) in [5.74, 6) is 7.53. The Bertz CT molecular complexity index is 5470. The highest BCUT2D eigenvalue weighted by atomic mass is 19.1. The molecule has 9 aliphatic rings. The van der Waals surface area contributed by atoms with E-state index in [1.807, 2.05) is 30.6 Å². The van der Waals surface area contributed by atoms with Gasteiger partial charge in [0, 0.05) is 192 Å². The Kier molecular flexibility index (Phi) is 29.4. The van der Waals surface area contributed by atoms with Gasteiger partial charge in [-0.2, -0.15) is 0 Å². The van der Waals surface area contributed by atoms with E-state index >= 15 is 0 Å². The standard InChI is InChI=1S/C25H27FN4O3.C25H30N6O2.C24H26FN5O3.C22H26N4O3/c26-21-4-2-1-3-20(21)25(31)29-17-5-7-19(8-6-17)33-23-16-18(30-11-13-32-14-12-30)15-22-24(23)28-10-9-27-22;1-2-17(1)18-15-28-25(29-16-18)30-19-3-5-21(6-4-19)33-23-14-20(31-9-11-32-12-10-31)13-22-24(23)27-8-7-26-22;25-19-2-1-7-27-22(19)24(31)29-16-3-5-18(6-4-16)33-21-15-17(30-10-12-32-13-11-30)14-20-23(21)28-9-8-26-20;1-2-3-21(27)25-16-4-6-18(7-5-16)29-20-15-17(26-10-12-28-13-11-26)14-19-22(20)24-9-8-23-19/h1-4,9-10,15-17,19H,5-8,11-14H2,(H,29,31);7-8,13-17,19,21H,1-6,9-12H2,(H,28,29,30);1-2,7-9,14-16,18H,3-6,10-13H2,(H,29,31);8-9,14-16,18H,4-7,10-13H2,1H3,(H,25,27). The minimum Gasteiger partial charge on any atom is -0.488 e. The Labute approximate surface area is 742 Å². The average Bonchev–Trinajstić information content (AvgIpc) is 1.27. The number of carbonyl (C=O) groups excluding carboxylic acids is 3. The third-order valence-electron chi connectivity index (χ3n) is 24.9. The Hall–Kier alpha value is -12.4. The summed E-state index contributed by atoms with van der Waals surface area (Å²) in [6.07, 6.45) is 35.6. The largest absolute Gasteiger partial charge is 0.488 e. The Morgan fingerprint density at radius 2 is 0.703 bits per heavy atom. The van der Waals surface area contributed by atoms with Crippen molar-refractivity contribution in [1.29, 1.82) is 0 Å². The van der Waals surface area contributed by atoms with Gasteiger partial charge in [-0.25, -0.2) is 43.7 Å². The van der Waals surface area contributed by atoms with Crippen molar-refractivity contribution in [3.63, 3.8) is 0 Å². The highest BCUT2D eigenvalue weighted by Gasteiger charge is 2.33. The number of morpholine rings is 4. The van der Waals surface area contributed by atoms with Crippen LogP contribution in [0.5, 0.6) is 23.0 Å². The highest BCUT2D eigenvalue weighted by Crippen LogP contribution is 2.41. The van der Waals surface area contributed by atoms with Gasteiger partial charge < -0.3 is 78.8 Å². The van der Waals surface area contributed by atoms with E-state index in [1.54, 1.807) is 68.6 Å². The van der Waals surface area contributed by atoms with Crippen LogP contribution in [0, 0.1) is 23.5 Å². The number of carbonyl (C=O) groups is 3. The average molecular weight is 1740 g/mol. The molecule has 20 rings (SSSR count). The van der Waals surface area contributed by atoms with E-state index in [2.05, 4.69) is 138 Å². The SMILES string of the molecule is CC#CC(=O)NC1CCC(Oc2cc(N3CCOCC3)cc3nccnc23)CC1.O=C(NC1CCC(Oc2cc(N3CCOCC3)cc3nccnc23)CC1)c1ccccc1F.O=C(NC1CCC(Oc2cc(N3CCOCC3)cc3nccnc23)CC1)c1ncccc1F.c1cnc2c(OC3CCC(Nc4ncc(C5CC5)cn4)CC3)cc(N3CCOCC3)cc2n1. The van der Waals surface area contributed by atoms with Gasteiger partial charge in [0.05, 0.1) is 105 Å². The third kappa shape index (κ3) is 23.1. The minimum atomic E-state index is -0.611. The first-order valence-corrected chi connectivity index (χ1v) is 45.1. The molecule has 9 fully saturated rings. The lowest BCUT2D eigenvalue weighted by atomic mass is 9.92. The van der Waals surface area contributed by atoms with Crippen molar-refractivity contribution in [3.8, 4) is 34.8 Å². The molecular formula is C96H109F2N19O11. The van der Waals surface area contributed by atoms with E-state index in [-0.39, 0.29) is 65.6 Å². The third-order valence-corrected chi connectivity index (χ3v) is 24.9. The highest BCUT2D eigenvalue weighted by molar-refractivity contribution is 5.95. The zero-order chi connectivity index (χ0) is 87.3. The summed E-state index contributed by atoms with van der Waals surface area (Å²) in [7, 11) is 0. The second-order valence-corrected chi connectivity index (χ2v) is 33.6. The monoisotopic (exact) mass is 1740 g/mol. The number of nitrogens with one attached hydrogen (secondary N) is 4. The van der Waals surface area contributed by atoms with Crippen molar-refractivity contribution in [2.45, 2.75) is 177 Å². The Morgan fingerprint density at radius 3 is 1.05 bits per heavy atom. The number of ether oxygens (including phenoxy) is 8. The molecule has 5 aliphatic carbocycles. The molecule has 0 unspecified atom stereocenters. The Balaban J connectivity index is 0.000000120. The summed E-state index contributed by atoms with van der Waals surface area (Å²) < 4.78 is 75.4. The molecule has 4 N–H and O–H groups in total. The van der Waals surface area contributed by atoms with E-state index < -0.39 is 17.5 Å². The van der Waals surface area contributed by atoms with Crippen LogP contribution < -0.4 is 59.8 Å². The van der Waals surface area contributed by atoms with Crippen molar-refractivity contribution in [2.75, 3.05) is 130 Å². The van der Waals surface area contributed by atoms with Crippen molar-refractivity contribution in [3.05, 3.63) is 182 Å². The predicted molar refractivity (Wildman–Crippen MR) is 482 cm³/mol. The molecule has 30 nitrogen and oxygen atoms in total. The molecule has 0 spiro atoms. The molecule has 668 valence electrons. The molecular weight excluding hydrogens is 1630 g/mol. The second kappa shape index (κ2) is 42.9. The Morgan fingerprint density at radius 1 is 0.367 bits per heavy atom. The molecule has 128 heavy (non-hydrogen) atoms. The van der Waals surface area contributed by atoms with E-state index in [1.165, 1.54) is 48.9 Å². The van der Waals surface area contributed by atoms with Crippen molar-refractivity contribution >= 4 is 90.6 Å². The fourth-order valence-corrected chi connectivity index (χ4v) is 17.8. The maximum atomic E-state index is 13.9. The molecule has 0 radical (unpaired) electrons. The first kappa shape index (κ1) is 87.6. The molecule has 0 bridgehead atoms. The number of amides is 3. The number of hydrogen-bond donors (Lipinski definition) is 4. The molecule has 10 heterocycles. The molecule has 5 aromatic carbocycles. The van der Waals surface area contributed by atoms with E-state index in [4.69, 9.17) is 37.9 Å². The molecule has 4 aliphatic heterocycles. The van der Waals surface area contributed by atoms with Crippen LogP contribution in [-0.4, -0.2) is 226 Å². The van der Waals surface area contributed by atoms with Crippen LogP contribution in [0.25, 0.3) is 44.1 Å². The zero-order valence-electron chi connectivity index (χ0n) is 72.1. The van der Waals surface area contributed by atoms with Crippen LogP contribution in [0.15, 0.2) is 153 Å². The maximum absolute atomic E-state index is 13.9. The molecule has 11 aromatic rings. The lowest BCUT2D eigenvalue weighted by Crippen LogP contribution is -2.40. The summed E-state index contributed by atoms with van der Waals surface area (Å²) >= 11 is 0. The minimum absolute atomic E-state index is 0.00757. The summed E-state index contributed by atoms with van der Waals surface area (Å²) in [5, 5.41) is 12.4. The number of rotatable bonds is 20. The summed E-state index contributed by atoms with van der Waals surface area (Å²) in [6, 6.07) is 25.9. The lowest BCUT2D eigenvalue weighted by molar-refractivity contribution is -0.116. The van der Waals surface area contributed by atoms with Gasteiger partial charge in [0.2, 0.25) is 5.95 Å². The molecule has 32 heteroatoms. The number of halogens is 2. The molecule has 4 saturated heterocycles. The van der Waals surface area contributed by atoms with Crippen LogP contribution in [0.4, 0.5) is 37.5 Å². The first-order chi connectivity index (χ1) is 62.9. The molecule has 3 amide bonds. The van der Waals surface area contributed by atoms with E-state index in [0.717, 1.165) is 277 Å². The van der Waals surface area contributed by atoms with Gasteiger partial charge in [0.1, 0.15) is 50.9 Å². The van der Waals surface area contributed by atoms with Gasteiger partial charge >= 0.3 is 0 Å². The summed E-state index contributed by atoms with van der Waals surface area (Å²) in [4.78, 5) is 94.7. The number of anilines is 5. The van der Waals surface area contributed by atoms with Crippen LogP contribution in [0.1, 0.15) is 155 Å². The van der Waals surface area contributed by atoms with Crippen LogP contribution >= 0.6 is 0 Å². The molecule has 6 aromatic heterocycles. The van der Waals surface area contributed by atoms with Crippen LogP contribution in [-0.2, 0) is 23.7 Å². The van der Waals surface area contributed by atoms with Gasteiger partial charge in [-0.3, -0.25) is 34.3 Å². The summed E-state index contributed by atoms with van der Waals surface area (Å²) in [5.41, 5.74) is 12.0. The lowest BCUT2D eigenvalue weighted by Gasteiger charge is -2.31. The fraction of sp³-hybridized carbons (Fsp3) is 0.458. The van der Waals surface area contributed by atoms with E-state index in [9.17, 15) is 23.2 Å². The molecule has 0 atom stereocenters. The normalized spacial score (nSPS) is 21.9. The van der Waals surface area contributed by atoms with Gasteiger partial charge in [0.15, 0.2) is 11.5 Å². The second-order valence-electron chi connectivity index (χ2n) is 33.6. The zero-order valence-corrected chi connectivity index (χ0v) is 72.1. The number of fused-ring (bicyclic) bond motifs is 4. The van der Waals surface area contributed by atoms with E-state index in [0.29, 0.717) is 38.4 Å². The number of benzene rings is 5. The number of pyridine rings is 1. The van der Waals surface area contributed by atoms with Gasteiger partial charge in [-0.05, 0) is 188 Å². The van der Waals surface area contributed by atoms with Gasteiger partial charge in [0.25, 0.3) is 17.7 Å². The quantitative estimate of drug-likeness (QED) is 0.0515. The molecule has 5 saturated carbocycles. The number of nitrogens with zero attached hydrogens (tertiary/aromatic N) is 15. The number of aromatic nitrogens is 11. The topological polar surface area (TPSA) is 328 Å². The predicted octanol–water partition coefficient (Wildman–Crippen LogP) is 13.1. The summed E-state index contributed by atoms with van der Waals surface area (Å²) in [6.45, 7) is 14.2. The maximum Gasteiger partial charge on any atom is 0.296 e. The fourth-order valence-electron chi connectivity index (χ4n) is 17.8.